The van der Waals surface area contributed by atoms with E-state index in [9.17, 15) is 8.42 Å². The SMILES string of the molecule is CCCCCNC(=NCc1ccc(S(=O)(=O)N(C)C(C)C)cc1)NCC.I. The molecule has 0 spiro atoms. The smallest absolute Gasteiger partial charge is 0.243 e. The fourth-order valence-electron chi connectivity index (χ4n) is 2.30. The summed E-state index contributed by atoms with van der Waals surface area (Å²) in [7, 11) is -1.84. The third-order valence-corrected chi connectivity index (χ3v) is 6.21. The maximum absolute atomic E-state index is 12.5. The Bertz CT molecular complexity index is 661. The van der Waals surface area contributed by atoms with Crippen molar-refractivity contribution in [3.63, 3.8) is 0 Å². The van der Waals surface area contributed by atoms with Gasteiger partial charge in [0.1, 0.15) is 0 Å². The lowest BCUT2D eigenvalue weighted by Crippen LogP contribution is -2.37. The number of hydrogen-bond donors (Lipinski definition) is 2. The first-order chi connectivity index (χ1) is 12.3. The maximum atomic E-state index is 12.5. The van der Waals surface area contributed by atoms with E-state index in [2.05, 4.69) is 22.5 Å². The Morgan fingerprint density at radius 2 is 1.74 bits per heavy atom. The van der Waals surface area contributed by atoms with Gasteiger partial charge in [0, 0.05) is 26.2 Å². The van der Waals surface area contributed by atoms with Crippen molar-refractivity contribution in [3.05, 3.63) is 29.8 Å². The first-order valence-electron chi connectivity index (χ1n) is 9.42. The number of hydrogen-bond acceptors (Lipinski definition) is 3. The third kappa shape index (κ3) is 8.78. The second kappa shape index (κ2) is 13.3. The van der Waals surface area contributed by atoms with Crippen LogP contribution in [0.1, 0.15) is 52.5 Å². The highest BCUT2D eigenvalue weighted by Crippen LogP contribution is 2.17. The van der Waals surface area contributed by atoms with Crippen LogP contribution in [-0.2, 0) is 16.6 Å². The molecule has 0 saturated carbocycles. The molecule has 1 rings (SSSR count). The van der Waals surface area contributed by atoms with Gasteiger partial charge in [-0.2, -0.15) is 4.31 Å². The molecule has 1 aromatic rings. The quantitative estimate of drug-likeness (QED) is 0.219. The van der Waals surface area contributed by atoms with E-state index in [0.29, 0.717) is 11.4 Å². The summed E-state index contributed by atoms with van der Waals surface area (Å²) in [6, 6.07) is 6.88. The van der Waals surface area contributed by atoms with Crippen molar-refractivity contribution in [1.82, 2.24) is 14.9 Å². The van der Waals surface area contributed by atoms with Crippen LogP contribution >= 0.6 is 24.0 Å². The Balaban J connectivity index is 0.00000676. The fraction of sp³-hybridized carbons (Fsp3) is 0.632. The molecule has 2 N–H and O–H groups in total. The zero-order valence-corrected chi connectivity index (χ0v) is 20.3. The summed E-state index contributed by atoms with van der Waals surface area (Å²) in [5.74, 6) is 0.792. The van der Waals surface area contributed by atoms with Gasteiger partial charge >= 0.3 is 0 Å². The molecule has 0 saturated heterocycles. The van der Waals surface area contributed by atoms with Crippen LogP contribution < -0.4 is 10.6 Å². The average molecular weight is 510 g/mol. The van der Waals surface area contributed by atoms with Crippen molar-refractivity contribution < 1.29 is 8.42 Å². The second-order valence-electron chi connectivity index (χ2n) is 6.59. The highest BCUT2D eigenvalue weighted by molar-refractivity contribution is 14.0. The van der Waals surface area contributed by atoms with Gasteiger partial charge in [-0.3, -0.25) is 0 Å². The minimum absolute atomic E-state index is 0. The third-order valence-electron chi connectivity index (χ3n) is 4.16. The predicted molar refractivity (Wildman–Crippen MR) is 124 cm³/mol. The standard InChI is InChI=1S/C19H34N4O2S.HI/c1-6-8-9-14-21-19(20-7-2)22-15-17-10-12-18(13-11-17)26(24,25)23(5)16(3)4;/h10-13,16H,6-9,14-15H2,1-5H3,(H2,20,21,22);1H. The molecular formula is C19H35IN4O2S. The molecule has 0 bridgehead atoms. The molecule has 0 fully saturated rings. The molecule has 0 heterocycles. The summed E-state index contributed by atoms with van der Waals surface area (Å²) in [5.41, 5.74) is 0.974. The van der Waals surface area contributed by atoms with Gasteiger partial charge in [-0.25, -0.2) is 13.4 Å². The molecule has 0 atom stereocenters. The van der Waals surface area contributed by atoms with E-state index in [1.54, 1.807) is 19.2 Å². The summed E-state index contributed by atoms with van der Waals surface area (Å²) in [6.07, 6.45) is 3.51. The number of rotatable bonds is 10. The molecule has 0 aliphatic heterocycles. The monoisotopic (exact) mass is 510 g/mol. The Morgan fingerprint density at radius 3 is 2.26 bits per heavy atom. The van der Waals surface area contributed by atoms with Gasteiger partial charge < -0.3 is 10.6 Å². The van der Waals surface area contributed by atoms with Gasteiger partial charge in [0.05, 0.1) is 11.4 Å². The van der Waals surface area contributed by atoms with E-state index in [1.807, 2.05) is 32.9 Å². The summed E-state index contributed by atoms with van der Waals surface area (Å²) in [6.45, 7) is 10.1. The summed E-state index contributed by atoms with van der Waals surface area (Å²) in [4.78, 5) is 4.88. The molecule has 0 unspecified atom stereocenters. The number of aliphatic imine (C=N–C) groups is 1. The summed E-state index contributed by atoms with van der Waals surface area (Å²) >= 11 is 0. The van der Waals surface area contributed by atoms with Crippen LogP contribution in [0, 0.1) is 0 Å². The van der Waals surface area contributed by atoms with E-state index < -0.39 is 10.0 Å². The number of halogens is 1. The topological polar surface area (TPSA) is 73.8 Å². The number of benzene rings is 1. The van der Waals surface area contributed by atoms with E-state index in [-0.39, 0.29) is 30.0 Å². The summed E-state index contributed by atoms with van der Waals surface area (Å²) < 4.78 is 26.4. The molecule has 0 amide bonds. The normalized spacial score (nSPS) is 12.2. The zero-order valence-electron chi connectivity index (χ0n) is 17.2. The van der Waals surface area contributed by atoms with Crippen LogP contribution in [0.15, 0.2) is 34.2 Å². The lowest BCUT2D eigenvalue weighted by Gasteiger charge is -2.21. The first kappa shape index (κ1) is 26.1. The van der Waals surface area contributed by atoms with Gasteiger partial charge in [-0.1, -0.05) is 31.9 Å². The first-order valence-corrected chi connectivity index (χ1v) is 10.9. The van der Waals surface area contributed by atoms with Crippen LogP contribution in [0.3, 0.4) is 0 Å². The van der Waals surface area contributed by atoms with Crippen molar-refractivity contribution in [2.24, 2.45) is 4.99 Å². The minimum atomic E-state index is -3.44. The van der Waals surface area contributed by atoms with Crippen molar-refractivity contribution in [1.29, 1.82) is 0 Å². The number of sulfonamides is 1. The molecular weight excluding hydrogens is 475 g/mol. The van der Waals surface area contributed by atoms with Crippen molar-refractivity contribution in [2.45, 2.75) is 64.4 Å². The highest BCUT2D eigenvalue weighted by Gasteiger charge is 2.22. The molecule has 0 aliphatic rings. The minimum Gasteiger partial charge on any atom is -0.357 e. The van der Waals surface area contributed by atoms with Gasteiger partial charge in [-0.05, 0) is 44.9 Å². The largest absolute Gasteiger partial charge is 0.357 e. The molecule has 0 aliphatic carbocycles. The van der Waals surface area contributed by atoms with E-state index in [0.717, 1.165) is 31.0 Å². The van der Waals surface area contributed by atoms with E-state index in [1.165, 1.54) is 17.1 Å². The number of nitrogens with zero attached hydrogens (tertiary/aromatic N) is 2. The molecule has 156 valence electrons. The van der Waals surface area contributed by atoms with Crippen LogP contribution in [0.5, 0.6) is 0 Å². The molecule has 0 aromatic heterocycles. The number of guanidine groups is 1. The molecule has 6 nitrogen and oxygen atoms in total. The van der Waals surface area contributed by atoms with Crippen LogP contribution in [0.2, 0.25) is 0 Å². The van der Waals surface area contributed by atoms with Crippen LogP contribution in [0.25, 0.3) is 0 Å². The summed E-state index contributed by atoms with van der Waals surface area (Å²) in [5, 5.41) is 6.55. The second-order valence-corrected chi connectivity index (χ2v) is 8.59. The molecule has 0 radical (unpaired) electrons. The van der Waals surface area contributed by atoms with Crippen LogP contribution in [0.4, 0.5) is 0 Å². The van der Waals surface area contributed by atoms with Crippen molar-refractivity contribution >= 4 is 40.0 Å². The van der Waals surface area contributed by atoms with Crippen molar-refractivity contribution in [3.8, 4) is 0 Å². The highest BCUT2D eigenvalue weighted by atomic mass is 127. The number of unbranched alkanes of at least 4 members (excludes halogenated alkanes) is 2. The lowest BCUT2D eigenvalue weighted by molar-refractivity contribution is 0.410. The Labute approximate surface area is 182 Å². The predicted octanol–water partition coefficient (Wildman–Crippen LogP) is 3.58. The van der Waals surface area contributed by atoms with Gasteiger partial charge in [0.2, 0.25) is 10.0 Å². The van der Waals surface area contributed by atoms with E-state index in [4.69, 9.17) is 0 Å². The Hall–Kier alpha value is -0.870. The maximum Gasteiger partial charge on any atom is 0.243 e. The molecule has 8 heteroatoms. The van der Waals surface area contributed by atoms with E-state index >= 15 is 0 Å². The fourth-order valence-corrected chi connectivity index (χ4v) is 3.67. The van der Waals surface area contributed by atoms with Gasteiger partial charge in [0.25, 0.3) is 0 Å². The zero-order chi connectivity index (χ0) is 19.6. The average Bonchev–Trinajstić information content (AvgIpc) is 2.62. The van der Waals surface area contributed by atoms with Gasteiger partial charge in [0.15, 0.2) is 5.96 Å². The molecule has 1 aromatic carbocycles. The van der Waals surface area contributed by atoms with Crippen LogP contribution in [-0.4, -0.2) is 44.9 Å². The van der Waals surface area contributed by atoms with Gasteiger partial charge in [-0.15, -0.1) is 24.0 Å². The Morgan fingerprint density at radius 1 is 1.11 bits per heavy atom. The van der Waals surface area contributed by atoms with Crippen molar-refractivity contribution in [2.75, 3.05) is 20.1 Å². The Kier molecular flexibility index (Phi) is 12.9. The number of nitrogens with one attached hydrogen (secondary N) is 2. The lowest BCUT2D eigenvalue weighted by atomic mass is 10.2. The molecule has 27 heavy (non-hydrogen) atoms.